The second kappa shape index (κ2) is 6.32. The van der Waals surface area contributed by atoms with Gasteiger partial charge in [0.2, 0.25) is 11.1 Å². The number of rotatable bonds is 5. The average molecular weight is 335 g/mol. The van der Waals surface area contributed by atoms with Gasteiger partial charge in [-0.05, 0) is 25.1 Å². The molecule has 0 atom stereocenters. The number of thioether (sulfide) groups is 1. The van der Waals surface area contributed by atoms with E-state index in [9.17, 15) is 4.79 Å². The van der Waals surface area contributed by atoms with Crippen molar-refractivity contribution < 1.29 is 9.53 Å². The molecule has 2 N–H and O–H groups in total. The third-order valence-electron chi connectivity index (χ3n) is 2.75. The van der Waals surface area contributed by atoms with Crippen LogP contribution in [0.3, 0.4) is 0 Å². The predicted octanol–water partition coefficient (Wildman–Crippen LogP) is 2.46. The van der Waals surface area contributed by atoms with E-state index in [4.69, 9.17) is 4.74 Å². The quantitative estimate of drug-likeness (QED) is 0.696. The van der Waals surface area contributed by atoms with Crippen molar-refractivity contribution in [2.75, 3.05) is 18.2 Å². The van der Waals surface area contributed by atoms with E-state index in [1.54, 1.807) is 7.11 Å². The van der Waals surface area contributed by atoms with Crippen LogP contribution in [0.1, 0.15) is 5.82 Å². The molecule has 0 unspecified atom stereocenters. The van der Waals surface area contributed by atoms with Crippen LogP contribution in [0.2, 0.25) is 0 Å². The molecule has 0 spiro atoms. The predicted molar refractivity (Wildman–Crippen MR) is 86.6 cm³/mol. The fraction of sp³-hybridized carbons (Fsp3) is 0.231. The van der Waals surface area contributed by atoms with E-state index < -0.39 is 0 Å². The lowest BCUT2D eigenvalue weighted by molar-refractivity contribution is -0.113. The summed E-state index contributed by atoms with van der Waals surface area (Å²) in [6.07, 6.45) is 0. The van der Waals surface area contributed by atoms with Gasteiger partial charge in [-0.3, -0.25) is 9.89 Å². The Morgan fingerprint density at radius 1 is 1.45 bits per heavy atom. The number of hydrogen-bond acceptors (Lipinski definition) is 7. The van der Waals surface area contributed by atoms with Crippen molar-refractivity contribution >= 4 is 44.4 Å². The molecule has 2 heterocycles. The number of H-pyrrole nitrogens is 1. The van der Waals surface area contributed by atoms with Crippen LogP contribution >= 0.6 is 23.1 Å². The van der Waals surface area contributed by atoms with Crippen molar-refractivity contribution in [1.29, 1.82) is 0 Å². The molecule has 7 nitrogen and oxygen atoms in total. The number of thiazole rings is 1. The van der Waals surface area contributed by atoms with Crippen LogP contribution in [0.15, 0.2) is 23.4 Å². The molecule has 22 heavy (non-hydrogen) atoms. The van der Waals surface area contributed by atoms with Crippen molar-refractivity contribution in [2.24, 2.45) is 0 Å². The molecule has 0 radical (unpaired) electrons. The molecule has 0 aliphatic heterocycles. The first kappa shape index (κ1) is 14.8. The van der Waals surface area contributed by atoms with Gasteiger partial charge in [-0.15, -0.1) is 5.10 Å². The van der Waals surface area contributed by atoms with Gasteiger partial charge in [0.05, 0.1) is 23.1 Å². The fourth-order valence-corrected chi connectivity index (χ4v) is 3.31. The minimum absolute atomic E-state index is 0.140. The number of carbonyl (C=O) groups is 1. The van der Waals surface area contributed by atoms with Crippen molar-refractivity contribution in [3.05, 3.63) is 24.0 Å². The van der Waals surface area contributed by atoms with Gasteiger partial charge < -0.3 is 10.1 Å². The van der Waals surface area contributed by atoms with Gasteiger partial charge in [0.1, 0.15) is 11.6 Å². The smallest absolute Gasteiger partial charge is 0.236 e. The standard InChI is InChI=1S/C13H13N5O2S2/c1-7-14-13(18-17-7)21-6-11(19)16-12-15-9-4-3-8(20-2)5-10(9)22-12/h3-5H,6H2,1-2H3,(H,14,17,18)(H,15,16,19). The van der Waals surface area contributed by atoms with E-state index in [1.807, 2.05) is 25.1 Å². The zero-order chi connectivity index (χ0) is 15.5. The Labute approximate surface area is 134 Å². The number of methoxy groups -OCH3 is 1. The first-order valence-corrected chi connectivity index (χ1v) is 8.20. The van der Waals surface area contributed by atoms with Crippen molar-refractivity contribution in [1.82, 2.24) is 20.2 Å². The summed E-state index contributed by atoms with van der Waals surface area (Å²) in [5, 5.41) is 10.6. The maximum atomic E-state index is 11.9. The van der Waals surface area contributed by atoms with Crippen molar-refractivity contribution in [3.63, 3.8) is 0 Å². The van der Waals surface area contributed by atoms with Crippen molar-refractivity contribution in [2.45, 2.75) is 12.1 Å². The second-order valence-corrected chi connectivity index (χ2v) is 6.37. The highest BCUT2D eigenvalue weighted by atomic mass is 32.2. The Bertz CT molecular complexity index is 814. The normalized spacial score (nSPS) is 10.8. The average Bonchev–Trinajstić information content (AvgIpc) is 3.09. The molecule has 0 saturated heterocycles. The lowest BCUT2D eigenvalue weighted by Gasteiger charge is -1.98. The van der Waals surface area contributed by atoms with E-state index in [1.165, 1.54) is 23.1 Å². The number of hydrogen-bond donors (Lipinski definition) is 2. The van der Waals surface area contributed by atoms with Gasteiger partial charge in [-0.2, -0.15) is 0 Å². The number of anilines is 1. The Kier molecular flexibility index (Phi) is 4.25. The highest BCUT2D eigenvalue weighted by Crippen LogP contribution is 2.29. The summed E-state index contributed by atoms with van der Waals surface area (Å²) < 4.78 is 6.14. The largest absolute Gasteiger partial charge is 0.497 e. The molecule has 2 aromatic heterocycles. The molecule has 114 valence electrons. The van der Waals surface area contributed by atoms with Crippen LogP contribution in [0, 0.1) is 6.92 Å². The molecule has 3 aromatic rings. The molecular formula is C13H13N5O2S2. The highest BCUT2D eigenvalue weighted by molar-refractivity contribution is 7.99. The van der Waals surface area contributed by atoms with Gasteiger partial charge >= 0.3 is 0 Å². The highest BCUT2D eigenvalue weighted by Gasteiger charge is 2.10. The van der Waals surface area contributed by atoms with Gasteiger partial charge in [-0.25, -0.2) is 9.97 Å². The van der Waals surface area contributed by atoms with E-state index in [2.05, 4.69) is 25.5 Å². The number of aromatic amines is 1. The third-order valence-corrected chi connectivity index (χ3v) is 4.53. The molecule has 0 saturated carbocycles. The molecule has 0 bridgehead atoms. The van der Waals surface area contributed by atoms with Crippen LogP contribution in [0.25, 0.3) is 10.2 Å². The number of aromatic nitrogens is 4. The van der Waals surface area contributed by atoms with Crippen LogP contribution < -0.4 is 10.1 Å². The molecule has 0 aliphatic carbocycles. The Morgan fingerprint density at radius 2 is 2.32 bits per heavy atom. The first-order valence-electron chi connectivity index (χ1n) is 6.40. The number of nitrogens with zero attached hydrogens (tertiary/aromatic N) is 3. The van der Waals surface area contributed by atoms with E-state index in [0.717, 1.165) is 21.8 Å². The van der Waals surface area contributed by atoms with Gasteiger partial charge in [0, 0.05) is 0 Å². The lowest BCUT2D eigenvalue weighted by atomic mass is 10.3. The number of fused-ring (bicyclic) bond motifs is 1. The lowest BCUT2D eigenvalue weighted by Crippen LogP contribution is -2.13. The molecule has 3 rings (SSSR count). The molecule has 0 fully saturated rings. The number of aryl methyl sites for hydroxylation is 1. The van der Waals surface area contributed by atoms with Gasteiger partial charge in [-0.1, -0.05) is 23.1 Å². The Hall–Kier alpha value is -2.13. The van der Waals surface area contributed by atoms with E-state index in [-0.39, 0.29) is 11.7 Å². The summed E-state index contributed by atoms with van der Waals surface area (Å²) in [7, 11) is 1.62. The monoisotopic (exact) mass is 335 g/mol. The summed E-state index contributed by atoms with van der Waals surface area (Å²) >= 11 is 2.68. The zero-order valence-corrected chi connectivity index (χ0v) is 13.5. The second-order valence-electron chi connectivity index (χ2n) is 4.39. The minimum atomic E-state index is -0.140. The first-order chi connectivity index (χ1) is 10.6. The SMILES string of the molecule is COc1ccc2nc(NC(=O)CSc3n[nH]c(C)n3)sc2c1. The number of carbonyl (C=O) groups excluding carboxylic acids is 1. The number of nitrogens with one attached hydrogen (secondary N) is 2. The van der Waals surface area contributed by atoms with Crippen LogP contribution in [0.5, 0.6) is 5.75 Å². The Balaban J connectivity index is 1.63. The summed E-state index contributed by atoms with van der Waals surface area (Å²) in [5.74, 6) is 1.59. The molecule has 1 aromatic carbocycles. The maximum Gasteiger partial charge on any atom is 0.236 e. The number of amides is 1. The summed E-state index contributed by atoms with van der Waals surface area (Å²) in [5.41, 5.74) is 0.832. The van der Waals surface area contributed by atoms with Crippen LogP contribution in [0.4, 0.5) is 5.13 Å². The van der Waals surface area contributed by atoms with E-state index >= 15 is 0 Å². The zero-order valence-electron chi connectivity index (χ0n) is 11.9. The van der Waals surface area contributed by atoms with Crippen LogP contribution in [-0.4, -0.2) is 38.9 Å². The van der Waals surface area contributed by atoms with Gasteiger partial charge in [0.25, 0.3) is 0 Å². The summed E-state index contributed by atoms with van der Waals surface area (Å²) in [6, 6.07) is 5.61. The Morgan fingerprint density at radius 3 is 3.05 bits per heavy atom. The molecule has 9 heteroatoms. The summed E-state index contributed by atoms with van der Waals surface area (Å²) in [4.78, 5) is 20.4. The fourth-order valence-electron chi connectivity index (χ4n) is 1.76. The number of benzene rings is 1. The van der Waals surface area contributed by atoms with Crippen LogP contribution in [-0.2, 0) is 4.79 Å². The molecule has 1 amide bonds. The topological polar surface area (TPSA) is 92.8 Å². The van der Waals surface area contributed by atoms with E-state index in [0.29, 0.717) is 10.3 Å². The maximum absolute atomic E-state index is 11.9. The molecule has 0 aliphatic rings. The third kappa shape index (κ3) is 3.37. The minimum Gasteiger partial charge on any atom is -0.497 e. The molecular weight excluding hydrogens is 322 g/mol. The van der Waals surface area contributed by atoms with Crippen molar-refractivity contribution in [3.8, 4) is 5.75 Å². The van der Waals surface area contributed by atoms with Gasteiger partial charge in [0.15, 0.2) is 5.13 Å². The number of ether oxygens (including phenoxy) is 1. The summed E-state index contributed by atoms with van der Waals surface area (Å²) in [6.45, 7) is 1.81.